The second-order valence-corrected chi connectivity index (χ2v) is 8.09. The highest BCUT2D eigenvalue weighted by molar-refractivity contribution is 6.06. The van der Waals surface area contributed by atoms with Crippen molar-refractivity contribution in [2.75, 3.05) is 11.1 Å². The molecule has 2 heterocycles. The molecule has 1 aliphatic rings. The fourth-order valence-electron chi connectivity index (χ4n) is 3.76. The Hall–Kier alpha value is -4.00. The van der Waals surface area contributed by atoms with Crippen molar-refractivity contribution in [1.29, 1.82) is 0 Å². The van der Waals surface area contributed by atoms with Crippen molar-refractivity contribution >= 4 is 28.3 Å². The van der Waals surface area contributed by atoms with Gasteiger partial charge in [-0.25, -0.2) is 15.0 Å². The molecule has 0 bridgehead atoms. The maximum absolute atomic E-state index is 12.5. The smallest absolute Gasteiger partial charge is 0.228 e. The molecule has 1 fully saturated rings. The lowest BCUT2D eigenvalue weighted by atomic mass is 10.0. The summed E-state index contributed by atoms with van der Waals surface area (Å²) in [5.41, 5.74) is 9.92. The van der Waals surface area contributed by atoms with Gasteiger partial charge < -0.3 is 15.8 Å². The van der Waals surface area contributed by atoms with E-state index in [4.69, 9.17) is 10.5 Å². The van der Waals surface area contributed by atoms with E-state index in [1.54, 1.807) is 18.5 Å². The fourth-order valence-corrected chi connectivity index (χ4v) is 3.76. The van der Waals surface area contributed by atoms with E-state index < -0.39 is 0 Å². The highest BCUT2D eigenvalue weighted by atomic mass is 16.5. The van der Waals surface area contributed by atoms with Crippen molar-refractivity contribution in [2.24, 2.45) is 5.92 Å². The Kier molecular flexibility index (Phi) is 4.93. The molecule has 7 heteroatoms. The van der Waals surface area contributed by atoms with Crippen LogP contribution in [0.25, 0.3) is 22.0 Å². The van der Waals surface area contributed by atoms with E-state index >= 15 is 0 Å². The van der Waals surface area contributed by atoms with Gasteiger partial charge in [-0.05, 0) is 56.0 Å². The summed E-state index contributed by atoms with van der Waals surface area (Å²) < 4.78 is 6.38. The van der Waals surface area contributed by atoms with Gasteiger partial charge in [-0.15, -0.1) is 0 Å². The predicted molar refractivity (Wildman–Crippen MR) is 125 cm³/mol. The number of carbonyl (C=O) groups excluding carboxylic acids is 1. The van der Waals surface area contributed by atoms with Gasteiger partial charge in [-0.3, -0.25) is 4.79 Å². The van der Waals surface area contributed by atoms with Crippen LogP contribution in [0.15, 0.2) is 54.9 Å². The number of benzene rings is 2. The molecule has 2 aromatic heterocycles. The number of rotatable bonds is 5. The summed E-state index contributed by atoms with van der Waals surface area (Å²) in [6, 6.07) is 13.5. The molecule has 1 amide bonds. The zero-order valence-corrected chi connectivity index (χ0v) is 17.9. The summed E-state index contributed by atoms with van der Waals surface area (Å²) in [4.78, 5) is 25.2. The number of carbonyl (C=O) groups is 1. The number of nitrogens with two attached hydrogens (primary N) is 1. The molecular formula is C25H23N5O2. The molecule has 5 rings (SSSR count). The van der Waals surface area contributed by atoms with Crippen LogP contribution in [0.1, 0.15) is 24.0 Å². The highest BCUT2D eigenvalue weighted by Gasteiger charge is 2.30. The van der Waals surface area contributed by atoms with Crippen molar-refractivity contribution in [1.82, 2.24) is 15.0 Å². The molecule has 1 aliphatic carbocycles. The number of hydrogen-bond donors (Lipinski definition) is 2. The number of ether oxygens (including phenoxy) is 1. The van der Waals surface area contributed by atoms with Crippen molar-refractivity contribution in [3.63, 3.8) is 0 Å². The second-order valence-electron chi connectivity index (χ2n) is 8.09. The molecule has 2 aromatic carbocycles. The first-order chi connectivity index (χ1) is 15.5. The third-order valence-electron chi connectivity index (χ3n) is 5.67. The Morgan fingerprint density at radius 2 is 1.78 bits per heavy atom. The second kappa shape index (κ2) is 7.92. The zero-order chi connectivity index (χ0) is 22.2. The summed E-state index contributed by atoms with van der Waals surface area (Å²) in [5.74, 6) is 1.50. The van der Waals surface area contributed by atoms with Crippen LogP contribution in [0.3, 0.4) is 0 Å². The summed E-state index contributed by atoms with van der Waals surface area (Å²) in [6.07, 6.45) is 5.20. The molecule has 0 saturated heterocycles. The standard InChI is InChI=1S/C25H23N5O2/c1-14-5-10-18-17(21(14)30-23(31)16-7-8-16)9-6-15(2)22(18)32-24-19(4-3-12-27-24)20-11-13-28-25(26)29-20/h3-6,9-13,16H,7-8H2,1-2H3,(H,30,31)(H2,26,28,29). The van der Waals surface area contributed by atoms with Gasteiger partial charge in [0.15, 0.2) is 0 Å². The van der Waals surface area contributed by atoms with Crippen LogP contribution in [-0.2, 0) is 4.79 Å². The monoisotopic (exact) mass is 425 g/mol. The van der Waals surface area contributed by atoms with Crippen molar-refractivity contribution in [3.05, 3.63) is 66.0 Å². The number of aromatic nitrogens is 3. The lowest BCUT2D eigenvalue weighted by Crippen LogP contribution is -2.14. The molecular weight excluding hydrogens is 402 g/mol. The van der Waals surface area contributed by atoms with Gasteiger partial charge in [0.25, 0.3) is 0 Å². The maximum Gasteiger partial charge on any atom is 0.228 e. The number of hydrogen-bond acceptors (Lipinski definition) is 6. The molecule has 0 radical (unpaired) electrons. The molecule has 0 spiro atoms. The molecule has 160 valence electrons. The number of anilines is 2. The molecule has 0 atom stereocenters. The number of pyridine rings is 1. The van der Waals surface area contributed by atoms with Crippen molar-refractivity contribution < 1.29 is 9.53 Å². The average Bonchev–Trinajstić information content (AvgIpc) is 3.63. The molecule has 1 saturated carbocycles. The van der Waals surface area contributed by atoms with E-state index in [2.05, 4.69) is 20.3 Å². The molecule has 3 N–H and O–H groups in total. The van der Waals surface area contributed by atoms with Gasteiger partial charge in [0.2, 0.25) is 17.7 Å². The van der Waals surface area contributed by atoms with Crippen LogP contribution in [0.2, 0.25) is 0 Å². The van der Waals surface area contributed by atoms with Gasteiger partial charge in [0.05, 0.1) is 16.9 Å². The first kappa shape index (κ1) is 19.9. The fraction of sp³-hybridized carbons (Fsp3) is 0.200. The van der Waals surface area contributed by atoms with Crippen LogP contribution in [0.5, 0.6) is 11.6 Å². The van der Waals surface area contributed by atoms with Crippen LogP contribution in [-0.4, -0.2) is 20.9 Å². The van der Waals surface area contributed by atoms with Gasteiger partial charge in [0, 0.05) is 29.1 Å². The normalized spacial score (nSPS) is 13.2. The minimum Gasteiger partial charge on any atom is -0.437 e. The lowest BCUT2D eigenvalue weighted by molar-refractivity contribution is -0.117. The summed E-state index contributed by atoms with van der Waals surface area (Å²) in [5, 5.41) is 4.97. The maximum atomic E-state index is 12.5. The molecule has 7 nitrogen and oxygen atoms in total. The first-order valence-corrected chi connectivity index (χ1v) is 10.6. The number of nitrogens with zero attached hydrogens (tertiary/aromatic N) is 3. The van der Waals surface area contributed by atoms with Gasteiger partial charge in [-0.2, -0.15) is 0 Å². The predicted octanol–water partition coefficient (Wildman–Crippen LogP) is 5.03. The topological polar surface area (TPSA) is 103 Å². The minimum absolute atomic E-state index is 0.0806. The number of aryl methyl sites for hydroxylation is 2. The Morgan fingerprint density at radius 1 is 1.00 bits per heavy atom. The third kappa shape index (κ3) is 3.73. The first-order valence-electron chi connectivity index (χ1n) is 10.6. The van der Waals surface area contributed by atoms with Crippen LogP contribution in [0, 0.1) is 19.8 Å². The SMILES string of the molecule is Cc1ccc2c(Oc3ncccc3-c3ccnc(N)n3)c(C)ccc2c1NC(=O)C1CC1. The average molecular weight is 425 g/mol. The molecule has 0 unspecified atom stereocenters. The van der Waals surface area contributed by atoms with Crippen LogP contribution < -0.4 is 15.8 Å². The Labute approximate surface area is 185 Å². The van der Waals surface area contributed by atoms with E-state index in [1.807, 2.05) is 50.2 Å². The van der Waals surface area contributed by atoms with Crippen molar-refractivity contribution in [2.45, 2.75) is 26.7 Å². The van der Waals surface area contributed by atoms with Gasteiger partial charge in [0.1, 0.15) is 5.75 Å². The Bertz CT molecular complexity index is 1350. The Morgan fingerprint density at radius 3 is 2.56 bits per heavy atom. The number of amides is 1. The summed E-state index contributed by atoms with van der Waals surface area (Å²) >= 11 is 0. The lowest BCUT2D eigenvalue weighted by Gasteiger charge is -2.17. The summed E-state index contributed by atoms with van der Waals surface area (Å²) in [6.45, 7) is 3.99. The highest BCUT2D eigenvalue weighted by Crippen LogP contribution is 2.40. The van der Waals surface area contributed by atoms with E-state index in [-0.39, 0.29) is 17.8 Å². The Balaban J connectivity index is 1.60. The van der Waals surface area contributed by atoms with E-state index in [0.29, 0.717) is 22.9 Å². The number of nitrogens with one attached hydrogen (secondary N) is 1. The van der Waals surface area contributed by atoms with Gasteiger partial charge in [-0.1, -0.05) is 24.3 Å². The quantitative estimate of drug-likeness (QED) is 0.465. The van der Waals surface area contributed by atoms with E-state index in [1.165, 1.54) is 0 Å². The van der Waals surface area contributed by atoms with Crippen LogP contribution >= 0.6 is 0 Å². The largest absolute Gasteiger partial charge is 0.437 e. The van der Waals surface area contributed by atoms with E-state index in [9.17, 15) is 4.79 Å². The van der Waals surface area contributed by atoms with Crippen LogP contribution in [0.4, 0.5) is 11.6 Å². The molecule has 0 aliphatic heterocycles. The number of fused-ring (bicyclic) bond motifs is 1. The van der Waals surface area contributed by atoms with Crippen molar-refractivity contribution in [3.8, 4) is 22.9 Å². The minimum atomic E-state index is 0.0806. The molecule has 4 aromatic rings. The van der Waals surface area contributed by atoms with E-state index in [0.717, 1.165) is 40.4 Å². The number of nitrogen functional groups attached to an aromatic ring is 1. The summed E-state index contributed by atoms with van der Waals surface area (Å²) in [7, 11) is 0. The van der Waals surface area contributed by atoms with Gasteiger partial charge >= 0.3 is 0 Å². The zero-order valence-electron chi connectivity index (χ0n) is 17.9. The molecule has 32 heavy (non-hydrogen) atoms. The third-order valence-corrected chi connectivity index (χ3v) is 5.67.